The second-order valence-electron chi connectivity index (χ2n) is 5.04. The largest absolute Gasteiger partial charge is 0.315 e. The topological polar surface area (TPSA) is 49.4 Å². The van der Waals surface area contributed by atoms with Gasteiger partial charge in [0.05, 0.1) is 0 Å². The Balaban J connectivity index is 1.97. The van der Waals surface area contributed by atoms with E-state index in [-0.39, 0.29) is 11.7 Å². The van der Waals surface area contributed by atoms with Crippen molar-refractivity contribution < 1.29 is 9.59 Å². The van der Waals surface area contributed by atoms with Gasteiger partial charge in [-0.25, -0.2) is 0 Å². The van der Waals surface area contributed by atoms with Crippen LogP contribution in [-0.4, -0.2) is 25.3 Å². The fourth-order valence-electron chi connectivity index (χ4n) is 2.32. The van der Waals surface area contributed by atoms with Crippen LogP contribution in [0.4, 0.5) is 5.69 Å². The van der Waals surface area contributed by atoms with Crippen LogP contribution < -0.4 is 10.2 Å². The van der Waals surface area contributed by atoms with Crippen molar-refractivity contribution in [3.05, 3.63) is 29.3 Å². The van der Waals surface area contributed by atoms with E-state index in [1.807, 2.05) is 19.2 Å². The number of aryl methyl sites for hydroxylation is 1. The number of rotatable bonds is 5. The van der Waals surface area contributed by atoms with Gasteiger partial charge >= 0.3 is 0 Å². The lowest BCUT2D eigenvalue weighted by Crippen LogP contribution is -2.31. The van der Waals surface area contributed by atoms with Gasteiger partial charge < -0.3 is 10.2 Å². The van der Waals surface area contributed by atoms with Crippen molar-refractivity contribution in [1.82, 2.24) is 5.32 Å². The van der Waals surface area contributed by atoms with Crippen LogP contribution in [0, 0.1) is 0 Å². The molecule has 0 aliphatic carbocycles. The van der Waals surface area contributed by atoms with E-state index in [2.05, 4.69) is 11.4 Å². The summed E-state index contributed by atoms with van der Waals surface area (Å²) in [5, 5.41) is 3.26. The Morgan fingerprint density at radius 1 is 1.37 bits per heavy atom. The molecule has 0 saturated heterocycles. The third-order valence-corrected chi connectivity index (χ3v) is 3.47. The molecule has 0 unspecified atom stereocenters. The molecule has 1 amide bonds. The summed E-state index contributed by atoms with van der Waals surface area (Å²) in [6.07, 6.45) is 1.98. The molecular formula is C15H20N2O2. The molecule has 1 heterocycles. The van der Waals surface area contributed by atoms with E-state index < -0.39 is 0 Å². The Morgan fingerprint density at radius 2 is 2.16 bits per heavy atom. The molecule has 1 aliphatic heterocycles. The molecule has 1 N–H and O–H groups in total. The molecule has 4 heteroatoms. The van der Waals surface area contributed by atoms with Crippen LogP contribution in [0.5, 0.6) is 0 Å². The van der Waals surface area contributed by atoms with Crippen molar-refractivity contribution >= 4 is 17.4 Å². The van der Waals surface area contributed by atoms with Gasteiger partial charge in [0.15, 0.2) is 0 Å². The van der Waals surface area contributed by atoms with Gasteiger partial charge in [0.1, 0.15) is 5.78 Å². The normalized spacial score (nSPS) is 14.4. The van der Waals surface area contributed by atoms with Gasteiger partial charge in [-0.2, -0.15) is 0 Å². The summed E-state index contributed by atoms with van der Waals surface area (Å²) in [5.41, 5.74) is 3.45. The molecule has 1 aromatic rings. The van der Waals surface area contributed by atoms with Crippen LogP contribution in [0.2, 0.25) is 0 Å². The third kappa shape index (κ3) is 3.41. The van der Waals surface area contributed by atoms with Gasteiger partial charge in [0, 0.05) is 38.7 Å². The summed E-state index contributed by atoms with van der Waals surface area (Å²) in [6.45, 7) is 3.08. The molecule has 0 radical (unpaired) electrons. The standard InChI is InChI=1S/C15H20N2O2/c1-11(18)7-8-16-10-12-3-5-14-13(9-12)4-6-15(19)17(14)2/h3,5,9,16H,4,6-8,10H2,1-2H3. The maximum atomic E-state index is 11.6. The number of hydrogen-bond donors (Lipinski definition) is 1. The highest BCUT2D eigenvalue weighted by Crippen LogP contribution is 2.27. The number of fused-ring (bicyclic) bond motifs is 1. The van der Waals surface area contributed by atoms with Gasteiger partial charge in [-0.05, 0) is 30.5 Å². The van der Waals surface area contributed by atoms with Crippen LogP contribution in [-0.2, 0) is 22.6 Å². The number of nitrogens with one attached hydrogen (secondary N) is 1. The van der Waals surface area contributed by atoms with Crippen molar-refractivity contribution in [2.24, 2.45) is 0 Å². The molecular weight excluding hydrogens is 240 g/mol. The maximum Gasteiger partial charge on any atom is 0.227 e. The first-order chi connectivity index (χ1) is 9.08. The number of Topliss-reactive ketones (excluding diaryl/α,β-unsaturated/α-hetero) is 1. The highest BCUT2D eigenvalue weighted by molar-refractivity contribution is 5.95. The number of carbonyl (C=O) groups excluding carboxylic acids is 2. The van der Waals surface area contributed by atoms with E-state index in [4.69, 9.17) is 0 Å². The zero-order valence-corrected chi connectivity index (χ0v) is 11.5. The number of anilines is 1. The first-order valence-corrected chi connectivity index (χ1v) is 6.66. The van der Waals surface area contributed by atoms with E-state index in [0.29, 0.717) is 19.4 Å². The minimum absolute atomic E-state index is 0.180. The number of amides is 1. The summed E-state index contributed by atoms with van der Waals surface area (Å²) in [5.74, 6) is 0.387. The molecule has 0 aromatic heterocycles. The first-order valence-electron chi connectivity index (χ1n) is 6.66. The lowest BCUT2D eigenvalue weighted by Gasteiger charge is -2.26. The van der Waals surface area contributed by atoms with Crippen LogP contribution in [0.15, 0.2) is 18.2 Å². The lowest BCUT2D eigenvalue weighted by atomic mass is 9.99. The minimum Gasteiger partial charge on any atom is -0.315 e. The average Bonchev–Trinajstić information content (AvgIpc) is 2.39. The highest BCUT2D eigenvalue weighted by Gasteiger charge is 2.20. The van der Waals surface area contributed by atoms with E-state index in [1.54, 1.807) is 11.8 Å². The number of nitrogens with zero attached hydrogens (tertiary/aromatic N) is 1. The molecule has 0 saturated carbocycles. The Bertz CT molecular complexity index is 497. The Kier molecular flexibility index (Phi) is 4.32. The lowest BCUT2D eigenvalue weighted by molar-refractivity contribution is -0.118. The fourth-order valence-corrected chi connectivity index (χ4v) is 2.32. The number of ketones is 1. The van der Waals surface area contributed by atoms with Gasteiger partial charge in [-0.15, -0.1) is 0 Å². The van der Waals surface area contributed by atoms with Gasteiger partial charge in [-0.3, -0.25) is 9.59 Å². The second-order valence-corrected chi connectivity index (χ2v) is 5.04. The third-order valence-electron chi connectivity index (χ3n) is 3.47. The number of carbonyl (C=O) groups is 2. The molecule has 0 bridgehead atoms. The van der Waals surface area contributed by atoms with Gasteiger partial charge in [0.2, 0.25) is 5.91 Å². The van der Waals surface area contributed by atoms with Crippen LogP contribution in [0.25, 0.3) is 0 Å². The monoisotopic (exact) mass is 260 g/mol. The Hall–Kier alpha value is -1.68. The van der Waals surface area contributed by atoms with Crippen molar-refractivity contribution in [2.45, 2.75) is 32.7 Å². The maximum absolute atomic E-state index is 11.6. The molecule has 1 aromatic carbocycles. The SMILES string of the molecule is CC(=O)CCNCc1ccc2c(c1)CCC(=O)N2C. The average molecular weight is 260 g/mol. The predicted octanol–water partition coefficient (Wildman–Crippen LogP) is 1.66. The highest BCUT2D eigenvalue weighted by atomic mass is 16.2. The number of benzene rings is 1. The van der Waals surface area contributed by atoms with E-state index in [1.165, 1.54) is 11.1 Å². The summed E-state index contributed by atoms with van der Waals surface area (Å²) >= 11 is 0. The number of hydrogen-bond acceptors (Lipinski definition) is 3. The summed E-state index contributed by atoms with van der Waals surface area (Å²) in [7, 11) is 1.82. The van der Waals surface area contributed by atoms with Crippen molar-refractivity contribution in [3.63, 3.8) is 0 Å². The molecule has 2 rings (SSSR count). The Labute approximate surface area is 113 Å². The zero-order valence-electron chi connectivity index (χ0n) is 11.5. The molecule has 0 fully saturated rings. The molecule has 0 atom stereocenters. The van der Waals surface area contributed by atoms with Gasteiger partial charge in [-0.1, -0.05) is 12.1 Å². The minimum atomic E-state index is 0.180. The molecule has 4 nitrogen and oxygen atoms in total. The van der Waals surface area contributed by atoms with Crippen molar-refractivity contribution in [2.75, 3.05) is 18.5 Å². The van der Waals surface area contributed by atoms with Crippen LogP contribution in [0.1, 0.15) is 30.9 Å². The predicted molar refractivity (Wildman–Crippen MR) is 75.2 cm³/mol. The first kappa shape index (κ1) is 13.7. The molecule has 1 aliphatic rings. The zero-order chi connectivity index (χ0) is 13.8. The van der Waals surface area contributed by atoms with E-state index in [9.17, 15) is 9.59 Å². The quantitative estimate of drug-likeness (QED) is 0.819. The Morgan fingerprint density at radius 3 is 2.89 bits per heavy atom. The van der Waals surface area contributed by atoms with Gasteiger partial charge in [0.25, 0.3) is 0 Å². The van der Waals surface area contributed by atoms with Crippen molar-refractivity contribution in [3.8, 4) is 0 Å². The second kappa shape index (κ2) is 5.97. The fraction of sp³-hybridized carbons (Fsp3) is 0.467. The molecule has 102 valence electrons. The van der Waals surface area contributed by atoms with E-state index >= 15 is 0 Å². The van der Waals surface area contributed by atoms with Crippen molar-refractivity contribution in [1.29, 1.82) is 0 Å². The smallest absolute Gasteiger partial charge is 0.227 e. The molecule has 0 spiro atoms. The van der Waals surface area contributed by atoms with Crippen LogP contribution >= 0.6 is 0 Å². The summed E-state index contributed by atoms with van der Waals surface area (Å²) in [6, 6.07) is 6.20. The molecule has 19 heavy (non-hydrogen) atoms. The van der Waals surface area contributed by atoms with E-state index in [0.717, 1.165) is 18.7 Å². The summed E-state index contributed by atoms with van der Waals surface area (Å²) in [4.78, 5) is 24.2. The summed E-state index contributed by atoms with van der Waals surface area (Å²) < 4.78 is 0. The van der Waals surface area contributed by atoms with Crippen LogP contribution in [0.3, 0.4) is 0 Å².